The maximum atomic E-state index is 6.13. The second-order valence-corrected chi connectivity index (χ2v) is 4.44. The summed E-state index contributed by atoms with van der Waals surface area (Å²) in [4.78, 5) is 0. The molecular weight excluding hydrogens is 246 g/mol. The monoisotopic (exact) mass is 261 g/mol. The van der Waals surface area contributed by atoms with Crippen molar-refractivity contribution in [1.82, 2.24) is 0 Å². The molecule has 0 aliphatic carbocycles. The Labute approximate surface area is 113 Å². The molecule has 0 aliphatic rings. The van der Waals surface area contributed by atoms with Crippen LogP contribution in [-0.4, -0.2) is 7.11 Å². The van der Waals surface area contributed by atoms with Gasteiger partial charge in [-0.1, -0.05) is 48.0 Å². The zero-order chi connectivity index (χ0) is 12.8. The molecule has 2 nitrogen and oxygen atoms in total. The first kappa shape index (κ1) is 12.9. The predicted octanol–water partition coefficient (Wildman–Crippen LogP) is 4.10. The van der Waals surface area contributed by atoms with E-state index in [1.165, 1.54) is 0 Å². The number of hydrogen-bond acceptors (Lipinski definition) is 2. The summed E-state index contributed by atoms with van der Waals surface area (Å²) in [5.74, 6) is 0. The lowest BCUT2D eigenvalue weighted by Crippen LogP contribution is -2.03. The molecule has 0 spiro atoms. The Kier molecular flexibility index (Phi) is 4.62. The van der Waals surface area contributed by atoms with E-state index in [0.29, 0.717) is 13.2 Å². The van der Waals surface area contributed by atoms with Crippen LogP contribution in [0.2, 0.25) is 5.02 Å². The van der Waals surface area contributed by atoms with E-state index in [9.17, 15) is 0 Å². The van der Waals surface area contributed by atoms with E-state index < -0.39 is 0 Å². The fourth-order valence-electron chi connectivity index (χ4n) is 1.81. The van der Waals surface area contributed by atoms with Crippen molar-refractivity contribution in [3.8, 4) is 0 Å². The Bertz CT molecular complexity index is 513. The maximum absolute atomic E-state index is 6.13. The fraction of sp³-hybridized carbons (Fsp3) is 0.200. The first-order valence-corrected chi connectivity index (χ1v) is 6.23. The molecule has 0 aromatic heterocycles. The largest absolute Gasteiger partial charge is 0.381 e. The van der Waals surface area contributed by atoms with Gasteiger partial charge in [0.05, 0.1) is 6.61 Å². The summed E-state index contributed by atoms with van der Waals surface area (Å²) in [7, 11) is 1.70. The van der Waals surface area contributed by atoms with E-state index in [2.05, 4.69) is 11.4 Å². The van der Waals surface area contributed by atoms with Crippen LogP contribution < -0.4 is 5.32 Å². The molecule has 2 rings (SSSR count). The van der Waals surface area contributed by atoms with Crippen LogP contribution in [0.1, 0.15) is 11.1 Å². The molecule has 94 valence electrons. The lowest BCUT2D eigenvalue weighted by atomic mass is 10.1. The van der Waals surface area contributed by atoms with E-state index in [1.807, 2.05) is 42.5 Å². The number of rotatable bonds is 5. The molecule has 0 saturated carbocycles. The average molecular weight is 262 g/mol. The number of para-hydroxylation sites is 1. The van der Waals surface area contributed by atoms with Gasteiger partial charge < -0.3 is 10.1 Å². The molecule has 0 atom stereocenters. The van der Waals surface area contributed by atoms with Gasteiger partial charge in [0.25, 0.3) is 0 Å². The van der Waals surface area contributed by atoms with E-state index in [-0.39, 0.29) is 0 Å². The van der Waals surface area contributed by atoms with Gasteiger partial charge in [-0.25, -0.2) is 0 Å². The molecular formula is C15H16ClNO. The Morgan fingerprint density at radius 3 is 2.39 bits per heavy atom. The zero-order valence-electron chi connectivity index (χ0n) is 10.3. The third-order valence-electron chi connectivity index (χ3n) is 2.74. The van der Waals surface area contributed by atoms with Gasteiger partial charge in [0.1, 0.15) is 0 Å². The quantitative estimate of drug-likeness (QED) is 0.875. The van der Waals surface area contributed by atoms with E-state index in [0.717, 1.165) is 21.8 Å². The van der Waals surface area contributed by atoms with Gasteiger partial charge >= 0.3 is 0 Å². The summed E-state index contributed by atoms with van der Waals surface area (Å²) < 4.78 is 5.18. The van der Waals surface area contributed by atoms with Crippen LogP contribution in [-0.2, 0) is 17.9 Å². The standard InChI is InChI=1S/C15H16ClNO/c1-18-11-13-7-3-5-9-15(13)17-10-12-6-2-4-8-14(12)16/h2-9,17H,10-11H2,1H3. The Morgan fingerprint density at radius 1 is 1.00 bits per heavy atom. The van der Waals surface area contributed by atoms with Gasteiger partial charge in [-0.05, 0) is 17.7 Å². The molecule has 3 heteroatoms. The van der Waals surface area contributed by atoms with Gasteiger partial charge in [0.2, 0.25) is 0 Å². The minimum Gasteiger partial charge on any atom is -0.381 e. The van der Waals surface area contributed by atoms with Crippen molar-refractivity contribution in [3.63, 3.8) is 0 Å². The highest BCUT2D eigenvalue weighted by Gasteiger charge is 2.02. The van der Waals surface area contributed by atoms with Crippen LogP contribution in [0.5, 0.6) is 0 Å². The Morgan fingerprint density at radius 2 is 1.67 bits per heavy atom. The average Bonchev–Trinajstić information content (AvgIpc) is 2.40. The minimum absolute atomic E-state index is 0.603. The Balaban J connectivity index is 2.08. The van der Waals surface area contributed by atoms with Crippen molar-refractivity contribution in [2.75, 3.05) is 12.4 Å². The summed E-state index contributed by atoms with van der Waals surface area (Å²) in [5, 5.41) is 4.18. The molecule has 0 fully saturated rings. The van der Waals surface area contributed by atoms with E-state index >= 15 is 0 Å². The van der Waals surface area contributed by atoms with Crippen LogP contribution in [0.15, 0.2) is 48.5 Å². The van der Waals surface area contributed by atoms with Gasteiger partial charge in [0.15, 0.2) is 0 Å². The highest BCUT2D eigenvalue weighted by Crippen LogP contribution is 2.20. The molecule has 0 aliphatic heterocycles. The molecule has 0 saturated heterocycles. The number of anilines is 1. The number of halogens is 1. The fourth-order valence-corrected chi connectivity index (χ4v) is 2.01. The van der Waals surface area contributed by atoms with Crippen LogP contribution in [0, 0.1) is 0 Å². The molecule has 0 heterocycles. The molecule has 0 radical (unpaired) electrons. The van der Waals surface area contributed by atoms with Gasteiger partial charge in [-0.3, -0.25) is 0 Å². The number of hydrogen-bond donors (Lipinski definition) is 1. The predicted molar refractivity (Wildman–Crippen MR) is 75.9 cm³/mol. The van der Waals surface area contributed by atoms with Crippen molar-refractivity contribution in [2.24, 2.45) is 0 Å². The molecule has 0 amide bonds. The highest BCUT2D eigenvalue weighted by molar-refractivity contribution is 6.31. The normalized spacial score (nSPS) is 10.3. The topological polar surface area (TPSA) is 21.3 Å². The summed E-state index contributed by atoms with van der Waals surface area (Å²) >= 11 is 6.13. The van der Waals surface area contributed by atoms with Crippen molar-refractivity contribution >= 4 is 17.3 Å². The summed E-state index contributed by atoms with van der Waals surface area (Å²) in [5.41, 5.74) is 3.32. The number of nitrogens with one attached hydrogen (secondary N) is 1. The first-order valence-electron chi connectivity index (χ1n) is 5.85. The number of benzene rings is 2. The third-order valence-corrected chi connectivity index (χ3v) is 3.11. The third kappa shape index (κ3) is 3.25. The van der Waals surface area contributed by atoms with Gasteiger partial charge in [-0.15, -0.1) is 0 Å². The van der Waals surface area contributed by atoms with Crippen LogP contribution in [0.4, 0.5) is 5.69 Å². The van der Waals surface area contributed by atoms with Crippen molar-refractivity contribution < 1.29 is 4.74 Å². The number of methoxy groups -OCH3 is 1. The second-order valence-electron chi connectivity index (χ2n) is 4.04. The lowest BCUT2D eigenvalue weighted by Gasteiger charge is -2.12. The lowest BCUT2D eigenvalue weighted by molar-refractivity contribution is 0.185. The summed E-state index contributed by atoms with van der Waals surface area (Å²) in [6.45, 7) is 1.31. The van der Waals surface area contributed by atoms with Crippen LogP contribution >= 0.6 is 11.6 Å². The Hall–Kier alpha value is -1.51. The van der Waals surface area contributed by atoms with Gasteiger partial charge in [-0.2, -0.15) is 0 Å². The highest BCUT2D eigenvalue weighted by atomic mass is 35.5. The molecule has 18 heavy (non-hydrogen) atoms. The molecule has 1 N–H and O–H groups in total. The van der Waals surface area contributed by atoms with E-state index in [1.54, 1.807) is 7.11 Å². The molecule has 2 aromatic rings. The SMILES string of the molecule is COCc1ccccc1NCc1ccccc1Cl. The van der Waals surface area contributed by atoms with Crippen LogP contribution in [0.25, 0.3) is 0 Å². The maximum Gasteiger partial charge on any atom is 0.0733 e. The minimum atomic E-state index is 0.603. The van der Waals surface area contributed by atoms with Crippen molar-refractivity contribution in [1.29, 1.82) is 0 Å². The van der Waals surface area contributed by atoms with Gasteiger partial charge in [0, 0.05) is 29.9 Å². The molecule has 2 aromatic carbocycles. The summed E-state index contributed by atoms with van der Waals surface area (Å²) in [6.07, 6.45) is 0. The molecule has 0 bridgehead atoms. The smallest absolute Gasteiger partial charge is 0.0733 e. The summed E-state index contributed by atoms with van der Waals surface area (Å²) in [6, 6.07) is 16.0. The number of ether oxygens (including phenoxy) is 1. The van der Waals surface area contributed by atoms with Crippen molar-refractivity contribution in [3.05, 3.63) is 64.7 Å². The molecule has 0 unspecified atom stereocenters. The van der Waals surface area contributed by atoms with Crippen molar-refractivity contribution in [2.45, 2.75) is 13.2 Å². The second kappa shape index (κ2) is 6.43. The zero-order valence-corrected chi connectivity index (χ0v) is 11.1. The van der Waals surface area contributed by atoms with E-state index in [4.69, 9.17) is 16.3 Å². The first-order chi connectivity index (χ1) is 8.81. The van der Waals surface area contributed by atoms with Crippen LogP contribution in [0.3, 0.4) is 0 Å².